The topological polar surface area (TPSA) is 123 Å². The van der Waals surface area contributed by atoms with Crippen molar-refractivity contribution < 1.29 is 33.7 Å². The molecule has 0 saturated carbocycles. The minimum absolute atomic E-state index is 0.0473. The van der Waals surface area contributed by atoms with E-state index in [1.165, 1.54) is 19.1 Å². The van der Waals surface area contributed by atoms with Gasteiger partial charge in [-0.2, -0.15) is 0 Å². The highest BCUT2D eigenvalue weighted by molar-refractivity contribution is 6.09. The van der Waals surface area contributed by atoms with Crippen LogP contribution in [0.3, 0.4) is 0 Å². The maximum atomic E-state index is 12.5. The molecule has 160 valence electrons. The van der Waals surface area contributed by atoms with Gasteiger partial charge < -0.3 is 24.1 Å². The molecule has 0 saturated heterocycles. The van der Waals surface area contributed by atoms with E-state index in [4.69, 9.17) is 13.9 Å². The van der Waals surface area contributed by atoms with Crippen LogP contribution in [0.15, 0.2) is 33.5 Å². The highest BCUT2D eigenvalue weighted by Gasteiger charge is 2.37. The Kier molecular flexibility index (Phi) is 4.93. The number of aryl methyl sites for hydroxylation is 1. The molecule has 1 aliphatic heterocycles. The number of ether oxygens (including phenoxy) is 2. The van der Waals surface area contributed by atoms with Crippen molar-refractivity contribution in [3.8, 4) is 23.0 Å². The fraction of sp³-hybridized carbons (Fsp3) is 0.261. The Labute approximate surface area is 176 Å². The molecule has 0 bridgehead atoms. The number of ketones is 1. The molecule has 1 atom stereocenters. The molecule has 4 rings (SSSR count). The third-order valence-corrected chi connectivity index (χ3v) is 5.32. The van der Waals surface area contributed by atoms with E-state index in [2.05, 4.69) is 0 Å². The van der Waals surface area contributed by atoms with E-state index in [9.17, 15) is 24.6 Å². The first kappa shape index (κ1) is 20.5. The van der Waals surface area contributed by atoms with Gasteiger partial charge in [0.05, 0.1) is 18.4 Å². The number of carbonyl (C=O) groups excluding carboxylic acids is 2. The lowest BCUT2D eigenvalue weighted by atomic mass is 9.82. The molecule has 2 aromatic carbocycles. The number of fused-ring (bicyclic) bond motifs is 3. The van der Waals surface area contributed by atoms with Gasteiger partial charge in [-0.05, 0) is 44.0 Å². The third kappa shape index (κ3) is 3.30. The Morgan fingerprint density at radius 3 is 2.65 bits per heavy atom. The highest BCUT2D eigenvalue weighted by atomic mass is 16.5. The molecule has 1 aliphatic rings. The molecular weight excluding hydrogens is 404 g/mol. The normalized spacial score (nSPS) is 15.5. The van der Waals surface area contributed by atoms with Crippen LogP contribution in [0.5, 0.6) is 23.0 Å². The number of hydrogen-bond acceptors (Lipinski definition) is 8. The van der Waals surface area contributed by atoms with Crippen molar-refractivity contribution in [3.63, 3.8) is 0 Å². The summed E-state index contributed by atoms with van der Waals surface area (Å²) in [6.07, 6.45) is -0.0990. The van der Waals surface area contributed by atoms with Crippen LogP contribution in [-0.4, -0.2) is 28.6 Å². The molecule has 3 aromatic rings. The lowest BCUT2D eigenvalue weighted by Gasteiger charge is -2.28. The SMILES string of the molecule is CCOc1cc([C@H]2CC(=O)Oc3c(C(C)=O)c(O)c4c(C)cc(=O)oc4c32)ccc1O. The van der Waals surface area contributed by atoms with E-state index in [1.807, 2.05) is 0 Å². The van der Waals surface area contributed by atoms with Crippen molar-refractivity contribution >= 4 is 22.7 Å². The lowest BCUT2D eigenvalue weighted by Crippen LogP contribution is -2.23. The molecule has 0 unspecified atom stereocenters. The van der Waals surface area contributed by atoms with E-state index in [1.54, 1.807) is 26.0 Å². The Morgan fingerprint density at radius 2 is 1.97 bits per heavy atom. The molecule has 1 aromatic heterocycles. The molecule has 0 spiro atoms. The van der Waals surface area contributed by atoms with E-state index < -0.39 is 29.0 Å². The number of aromatic hydroxyl groups is 2. The first-order valence-electron chi connectivity index (χ1n) is 9.73. The predicted octanol–water partition coefficient (Wildman–Crippen LogP) is 3.55. The summed E-state index contributed by atoms with van der Waals surface area (Å²) in [5, 5.41) is 21.1. The number of phenols is 2. The Balaban J connectivity index is 2.11. The van der Waals surface area contributed by atoms with Crippen molar-refractivity contribution in [2.45, 2.75) is 33.1 Å². The largest absolute Gasteiger partial charge is 0.506 e. The number of phenolic OH excluding ortho intramolecular Hbond substituents is 2. The summed E-state index contributed by atoms with van der Waals surface area (Å²) in [5.74, 6) is -2.15. The molecule has 0 fully saturated rings. The smallest absolute Gasteiger partial charge is 0.336 e. The van der Waals surface area contributed by atoms with Crippen molar-refractivity contribution in [1.29, 1.82) is 0 Å². The standard InChI is InChI=1S/C23H20O8/c1-4-29-15-8-12(5-6-14(15)25)13-9-17(27)31-23-19(11(3)24)21(28)18-10(2)7-16(26)30-22(18)20(13)23/h5-8,13,25,28H,4,9H2,1-3H3/t13-/m1/s1. The maximum absolute atomic E-state index is 12.5. The fourth-order valence-electron chi connectivity index (χ4n) is 4.04. The zero-order valence-electron chi connectivity index (χ0n) is 17.1. The van der Waals surface area contributed by atoms with Crippen molar-refractivity contribution in [3.05, 3.63) is 56.9 Å². The summed E-state index contributed by atoms with van der Waals surface area (Å²) in [5.41, 5.74) is 0.577. The first-order valence-corrected chi connectivity index (χ1v) is 9.73. The number of rotatable bonds is 4. The molecule has 31 heavy (non-hydrogen) atoms. The van der Waals surface area contributed by atoms with Crippen LogP contribution >= 0.6 is 0 Å². The molecule has 0 aliphatic carbocycles. The Hall–Kier alpha value is -3.81. The van der Waals surface area contributed by atoms with Gasteiger partial charge in [0.2, 0.25) is 0 Å². The molecule has 0 amide bonds. The minimum Gasteiger partial charge on any atom is -0.506 e. The van der Waals surface area contributed by atoms with Gasteiger partial charge in [-0.3, -0.25) is 9.59 Å². The quantitative estimate of drug-likeness (QED) is 0.282. The van der Waals surface area contributed by atoms with E-state index in [0.29, 0.717) is 23.3 Å². The number of carbonyl (C=O) groups is 2. The Bertz CT molecular complexity index is 1300. The van der Waals surface area contributed by atoms with E-state index in [0.717, 1.165) is 0 Å². The van der Waals surface area contributed by atoms with Gasteiger partial charge in [0, 0.05) is 17.5 Å². The molecule has 8 heteroatoms. The van der Waals surface area contributed by atoms with Crippen LogP contribution in [0.25, 0.3) is 11.0 Å². The van der Waals surface area contributed by atoms with Crippen molar-refractivity contribution in [2.24, 2.45) is 0 Å². The molecule has 0 radical (unpaired) electrons. The molecular formula is C23H20O8. The average Bonchev–Trinajstić information content (AvgIpc) is 2.68. The van der Waals surface area contributed by atoms with E-state index in [-0.39, 0.29) is 40.2 Å². The van der Waals surface area contributed by atoms with Gasteiger partial charge in [0.15, 0.2) is 23.0 Å². The maximum Gasteiger partial charge on any atom is 0.336 e. The monoisotopic (exact) mass is 424 g/mol. The van der Waals surface area contributed by atoms with Crippen molar-refractivity contribution in [2.75, 3.05) is 6.61 Å². The van der Waals surface area contributed by atoms with Gasteiger partial charge in [-0.25, -0.2) is 4.79 Å². The summed E-state index contributed by atoms with van der Waals surface area (Å²) < 4.78 is 16.3. The van der Waals surface area contributed by atoms with Crippen LogP contribution < -0.4 is 15.1 Å². The second-order valence-corrected chi connectivity index (χ2v) is 7.37. The third-order valence-electron chi connectivity index (χ3n) is 5.32. The molecule has 8 nitrogen and oxygen atoms in total. The number of Topliss-reactive ketones (excluding diaryl/α,β-unsaturated/α-hetero) is 1. The summed E-state index contributed by atoms with van der Waals surface area (Å²) in [6, 6.07) is 5.86. The lowest BCUT2D eigenvalue weighted by molar-refractivity contribution is -0.135. The van der Waals surface area contributed by atoms with Gasteiger partial charge >= 0.3 is 11.6 Å². The second-order valence-electron chi connectivity index (χ2n) is 7.37. The second kappa shape index (κ2) is 7.46. The van der Waals surface area contributed by atoms with Gasteiger partial charge in [0.1, 0.15) is 16.9 Å². The summed E-state index contributed by atoms with van der Waals surface area (Å²) in [6.45, 7) is 4.96. The van der Waals surface area contributed by atoms with Crippen LogP contribution in [0.1, 0.15) is 53.2 Å². The number of hydrogen-bond donors (Lipinski definition) is 2. The number of esters is 1. The average molecular weight is 424 g/mol. The number of benzene rings is 2. The predicted molar refractivity (Wildman–Crippen MR) is 110 cm³/mol. The van der Waals surface area contributed by atoms with E-state index >= 15 is 0 Å². The van der Waals surface area contributed by atoms with Gasteiger partial charge in [-0.1, -0.05) is 6.07 Å². The molecule has 2 N–H and O–H groups in total. The summed E-state index contributed by atoms with van der Waals surface area (Å²) in [4.78, 5) is 37.0. The van der Waals surface area contributed by atoms with Gasteiger partial charge in [0.25, 0.3) is 0 Å². The first-order chi connectivity index (χ1) is 14.7. The zero-order chi connectivity index (χ0) is 22.4. The van der Waals surface area contributed by atoms with Crippen LogP contribution in [0.4, 0.5) is 0 Å². The van der Waals surface area contributed by atoms with Crippen LogP contribution in [0.2, 0.25) is 0 Å². The molecule has 2 heterocycles. The van der Waals surface area contributed by atoms with Crippen LogP contribution in [-0.2, 0) is 4.79 Å². The zero-order valence-corrected chi connectivity index (χ0v) is 17.1. The highest BCUT2D eigenvalue weighted by Crippen LogP contribution is 2.50. The summed E-state index contributed by atoms with van der Waals surface area (Å²) in [7, 11) is 0. The fourth-order valence-corrected chi connectivity index (χ4v) is 4.04. The van der Waals surface area contributed by atoms with Crippen molar-refractivity contribution in [1.82, 2.24) is 0 Å². The Morgan fingerprint density at radius 1 is 1.23 bits per heavy atom. The summed E-state index contributed by atoms with van der Waals surface area (Å²) >= 11 is 0. The van der Waals surface area contributed by atoms with Gasteiger partial charge in [-0.15, -0.1) is 0 Å². The minimum atomic E-state index is -0.665. The van der Waals surface area contributed by atoms with Crippen LogP contribution in [0, 0.1) is 6.92 Å².